The summed E-state index contributed by atoms with van der Waals surface area (Å²) in [7, 11) is 0. The molecule has 0 spiro atoms. The van der Waals surface area contributed by atoms with E-state index >= 15 is 0 Å². The molecule has 2 heteroatoms. The van der Waals surface area contributed by atoms with E-state index in [-0.39, 0.29) is 17.4 Å². The van der Waals surface area contributed by atoms with Gasteiger partial charge in [0.1, 0.15) is 11.5 Å². The molecule has 2 aromatic rings. The van der Waals surface area contributed by atoms with Gasteiger partial charge in [-0.15, -0.1) is 0 Å². The van der Waals surface area contributed by atoms with Gasteiger partial charge in [-0.3, -0.25) is 0 Å². The molecule has 2 aromatic carbocycles. The Labute approximate surface area is 136 Å². The van der Waals surface area contributed by atoms with Crippen molar-refractivity contribution in [2.24, 2.45) is 5.92 Å². The van der Waals surface area contributed by atoms with Crippen LogP contribution in [0.5, 0.6) is 11.5 Å². The zero-order valence-corrected chi connectivity index (χ0v) is 13.1. The van der Waals surface area contributed by atoms with Crippen molar-refractivity contribution in [2.75, 3.05) is 0 Å². The van der Waals surface area contributed by atoms with Crippen LogP contribution >= 0.6 is 0 Å². The van der Waals surface area contributed by atoms with Gasteiger partial charge >= 0.3 is 0 Å². The van der Waals surface area contributed by atoms with E-state index in [1.165, 1.54) is 11.1 Å². The second kappa shape index (κ2) is 6.57. The van der Waals surface area contributed by atoms with Gasteiger partial charge in [-0.05, 0) is 53.0 Å². The smallest absolute Gasteiger partial charge is 0.115 e. The fourth-order valence-electron chi connectivity index (χ4n) is 3.05. The first-order chi connectivity index (χ1) is 11.2. The Balaban J connectivity index is 2.18. The molecule has 0 fully saturated rings. The number of hydrogen-bond acceptors (Lipinski definition) is 2. The van der Waals surface area contributed by atoms with Crippen molar-refractivity contribution in [1.29, 1.82) is 0 Å². The summed E-state index contributed by atoms with van der Waals surface area (Å²) in [6.07, 6.45) is 9.38. The van der Waals surface area contributed by atoms with E-state index in [4.69, 9.17) is 0 Å². The normalized spacial score (nSPS) is 15.0. The highest BCUT2D eigenvalue weighted by Gasteiger charge is 2.18. The largest absolute Gasteiger partial charge is 0.508 e. The third-order valence-corrected chi connectivity index (χ3v) is 4.15. The van der Waals surface area contributed by atoms with Gasteiger partial charge in [-0.1, -0.05) is 55.5 Å². The topological polar surface area (TPSA) is 40.5 Å². The zero-order valence-electron chi connectivity index (χ0n) is 13.1. The van der Waals surface area contributed by atoms with Crippen molar-refractivity contribution in [3.8, 4) is 11.5 Å². The van der Waals surface area contributed by atoms with Crippen molar-refractivity contribution >= 4 is 11.1 Å². The van der Waals surface area contributed by atoms with Gasteiger partial charge in [0.2, 0.25) is 0 Å². The average Bonchev–Trinajstić information content (AvgIpc) is 3.09. The molecule has 0 heterocycles. The fraction of sp³-hybridized carbons (Fsp3) is 0.143. The van der Waals surface area contributed by atoms with Crippen LogP contribution in [0.2, 0.25) is 0 Å². The first-order valence-corrected chi connectivity index (χ1v) is 7.86. The molecule has 0 unspecified atom stereocenters. The summed E-state index contributed by atoms with van der Waals surface area (Å²) >= 11 is 0. The Morgan fingerprint density at radius 1 is 0.783 bits per heavy atom. The van der Waals surface area contributed by atoms with Crippen LogP contribution < -0.4 is 0 Å². The summed E-state index contributed by atoms with van der Waals surface area (Å²) in [4.78, 5) is 0. The van der Waals surface area contributed by atoms with Gasteiger partial charge in [-0.2, -0.15) is 0 Å². The second-order valence-corrected chi connectivity index (χ2v) is 5.64. The average molecular weight is 304 g/mol. The van der Waals surface area contributed by atoms with Gasteiger partial charge in [-0.25, -0.2) is 0 Å². The monoisotopic (exact) mass is 304 g/mol. The van der Waals surface area contributed by atoms with Gasteiger partial charge < -0.3 is 10.2 Å². The molecule has 0 saturated carbocycles. The minimum atomic E-state index is 0.225. The third kappa shape index (κ3) is 3.21. The van der Waals surface area contributed by atoms with Gasteiger partial charge in [0, 0.05) is 5.92 Å². The number of rotatable bonds is 4. The van der Waals surface area contributed by atoms with Crippen molar-refractivity contribution in [3.05, 3.63) is 84.0 Å². The van der Waals surface area contributed by atoms with Gasteiger partial charge in [0.25, 0.3) is 0 Å². The van der Waals surface area contributed by atoms with E-state index in [2.05, 4.69) is 31.2 Å². The SMILES string of the molecule is CCC(=C(c1ccc(O)cc1)C1C=CC=C1)c1ccc(O)cc1. The summed E-state index contributed by atoms with van der Waals surface area (Å²) in [5.41, 5.74) is 4.70. The number of benzene rings is 2. The fourth-order valence-corrected chi connectivity index (χ4v) is 3.05. The Kier molecular flexibility index (Phi) is 4.33. The van der Waals surface area contributed by atoms with Crippen molar-refractivity contribution in [2.45, 2.75) is 13.3 Å². The van der Waals surface area contributed by atoms with E-state index in [9.17, 15) is 10.2 Å². The number of phenolic OH excluding ortho intramolecular Hbond substituents is 2. The third-order valence-electron chi connectivity index (χ3n) is 4.15. The van der Waals surface area contributed by atoms with Crippen LogP contribution in [0, 0.1) is 5.92 Å². The molecule has 0 saturated heterocycles. The summed E-state index contributed by atoms with van der Waals surface area (Å²) in [6, 6.07) is 14.7. The van der Waals surface area contributed by atoms with Crippen LogP contribution in [0.1, 0.15) is 24.5 Å². The Hall–Kier alpha value is -2.74. The van der Waals surface area contributed by atoms with Crippen LogP contribution in [0.3, 0.4) is 0 Å². The van der Waals surface area contributed by atoms with Crippen LogP contribution in [0.25, 0.3) is 11.1 Å². The molecule has 23 heavy (non-hydrogen) atoms. The minimum absolute atomic E-state index is 0.225. The number of aromatic hydroxyl groups is 2. The van der Waals surface area contributed by atoms with E-state index in [0.29, 0.717) is 0 Å². The Bertz CT molecular complexity index is 750. The zero-order chi connectivity index (χ0) is 16.2. The standard InChI is InChI=1S/C21H20O2/c1-2-20(15-7-11-18(22)12-8-15)21(16-5-3-4-6-16)17-9-13-19(23)14-10-17/h3-14,16,22-23H,2H2,1H3. The predicted molar refractivity (Wildman–Crippen MR) is 95.1 cm³/mol. The molecule has 0 aliphatic heterocycles. The van der Waals surface area contributed by atoms with Crippen molar-refractivity contribution in [1.82, 2.24) is 0 Å². The maximum absolute atomic E-state index is 9.58. The molecular formula is C21H20O2. The van der Waals surface area contributed by atoms with Crippen LogP contribution in [0.4, 0.5) is 0 Å². The predicted octanol–water partition coefficient (Wildman–Crippen LogP) is 5.16. The lowest BCUT2D eigenvalue weighted by Crippen LogP contribution is -2.00. The quantitative estimate of drug-likeness (QED) is 0.766. The van der Waals surface area contributed by atoms with Crippen LogP contribution in [-0.2, 0) is 0 Å². The summed E-state index contributed by atoms with van der Waals surface area (Å²) in [6.45, 7) is 2.14. The minimum Gasteiger partial charge on any atom is -0.508 e. The Morgan fingerprint density at radius 2 is 1.26 bits per heavy atom. The summed E-state index contributed by atoms with van der Waals surface area (Å²) < 4.78 is 0. The van der Waals surface area contributed by atoms with Gasteiger partial charge in [0.15, 0.2) is 0 Å². The summed E-state index contributed by atoms with van der Waals surface area (Å²) in [5.74, 6) is 0.771. The van der Waals surface area contributed by atoms with Crippen molar-refractivity contribution < 1.29 is 10.2 Å². The molecule has 0 amide bonds. The van der Waals surface area contributed by atoms with E-state index in [0.717, 1.165) is 17.5 Å². The number of hydrogen-bond donors (Lipinski definition) is 2. The molecule has 0 radical (unpaired) electrons. The lowest BCUT2D eigenvalue weighted by atomic mass is 9.85. The molecular weight excluding hydrogens is 284 g/mol. The first-order valence-electron chi connectivity index (χ1n) is 7.86. The maximum atomic E-state index is 9.58. The van der Waals surface area contributed by atoms with Crippen molar-refractivity contribution in [3.63, 3.8) is 0 Å². The van der Waals surface area contributed by atoms with E-state index in [1.54, 1.807) is 24.3 Å². The lowest BCUT2D eigenvalue weighted by Gasteiger charge is -2.19. The number of allylic oxidation sites excluding steroid dienone is 6. The molecule has 2 nitrogen and oxygen atoms in total. The number of phenols is 2. The molecule has 3 rings (SSSR count). The van der Waals surface area contributed by atoms with E-state index < -0.39 is 0 Å². The van der Waals surface area contributed by atoms with Gasteiger partial charge in [0.05, 0.1) is 0 Å². The highest BCUT2D eigenvalue weighted by Crippen LogP contribution is 2.38. The molecule has 116 valence electrons. The molecule has 2 N–H and O–H groups in total. The highest BCUT2D eigenvalue weighted by atomic mass is 16.3. The summed E-state index contributed by atoms with van der Waals surface area (Å²) in [5, 5.41) is 19.1. The molecule has 0 bridgehead atoms. The van der Waals surface area contributed by atoms with E-state index in [1.807, 2.05) is 24.3 Å². The van der Waals surface area contributed by atoms with Crippen LogP contribution in [-0.4, -0.2) is 10.2 Å². The molecule has 1 aliphatic carbocycles. The molecule has 1 aliphatic rings. The lowest BCUT2D eigenvalue weighted by molar-refractivity contribution is 0.474. The molecule has 0 aromatic heterocycles. The first kappa shape index (κ1) is 15.2. The highest BCUT2D eigenvalue weighted by molar-refractivity contribution is 5.93. The maximum Gasteiger partial charge on any atom is 0.115 e. The second-order valence-electron chi connectivity index (χ2n) is 5.64. The van der Waals surface area contributed by atoms with Crippen LogP contribution in [0.15, 0.2) is 72.8 Å². The molecule has 0 atom stereocenters. The Morgan fingerprint density at radius 3 is 1.74 bits per heavy atom.